The smallest absolute Gasteiger partial charge is 0.349 e. The summed E-state index contributed by atoms with van der Waals surface area (Å²) in [6.45, 7) is 6.69. The van der Waals surface area contributed by atoms with Crippen LogP contribution in [-0.2, 0) is 0 Å². The monoisotopic (exact) mass is 493 g/mol. The van der Waals surface area contributed by atoms with E-state index in [0.29, 0.717) is 18.9 Å². The quantitative estimate of drug-likeness (QED) is 0.328. The van der Waals surface area contributed by atoms with Crippen molar-refractivity contribution in [1.29, 1.82) is 0 Å². The van der Waals surface area contributed by atoms with Crippen LogP contribution in [0.25, 0.3) is 0 Å². The average Bonchev–Trinajstić information content (AvgIpc) is 3.27. The molecule has 0 unspecified atom stereocenters. The molecule has 1 aliphatic rings. The molecule has 0 radical (unpaired) electrons. The first-order valence-corrected chi connectivity index (χ1v) is 12.6. The van der Waals surface area contributed by atoms with Crippen molar-refractivity contribution < 1.29 is 14.3 Å². The summed E-state index contributed by atoms with van der Waals surface area (Å²) < 4.78 is 12.6. The molecule has 3 aromatic rings. The number of unbranched alkanes of at least 4 members (excludes halogenated alkanes) is 1. The van der Waals surface area contributed by atoms with Crippen LogP contribution in [0, 0.1) is 0 Å². The van der Waals surface area contributed by atoms with Gasteiger partial charge in [-0.15, -0.1) is 9.78 Å². The Morgan fingerprint density at radius 2 is 1.58 bits per heavy atom. The Morgan fingerprint density at radius 3 is 2.25 bits per heavy atom. The second-order valence-electron chi connectivity index (χ2n) is 8.76. The van der Waals surface area contributed by atoms with Crippen LogP contribution in [0.4, 0.5) is 28.1 Å². The summed E-state index contributed by atoms with van der Waals surface area (Å²) in [5.74, 6) is 1.75. The molecule has 192 valence electrons. The summed E-state index contributed by atoms with van der Waals surface area (Å²) >= 11 is 0. The van der Waals surface area contributed by atoms with Crippen LogP contribution in [0.2, 0.25) is 0 Å². The predicted octanol–water partition coefficient (Wildman–Crippen LogP) is 4.73. The molecule has 1 aliphatic heterocycles. The van der Waals surface area contributed by atoms with Crippen molar-refractivity contribution >= 4 is 29.3 Å². The Kier molecular flexibility index (Phi) is 8.98. The van der Waals surface area contributed by atoms with Crippen molar-refractivity contribution in [2.45, 2.75) is 39.0 Å². The molecule has 1 amide bonds. The Labute approximate surface area is 211 Å². The van der Waals surface area contributed by atoms with Crippen LogP contribution >= 0.6 is 0 Å². The third-order valence-electron chi connectivity index (χ3n) is 5.92. The number of benzene rings is 2. The maximum atomic E-state index is 12.8. The van der Waals surface area contributed by atoms with Gasteiger partial charge in [-0.3, -0.25) is 4.90 Å². The van der Waals surface area contributed by atoms with Gasteiger partial charge in [0.1, 0.15) is 18.1 Å². The first-order chi connectivity index (χ1) is 17.6. The van der Waals surface area contributed by atoms with Crippen LogP contribution in [0.3, 0.4) is 0 Å². The van der Waals surface area contributed by atoms with Gasteiger partial charge in [0.25, 0.3) is 0 Å². The topological polar surface area (TPSA) is 120 Å². The van der Waals surface area contributed by atoms with E-state index in [1.165, 1.54) is 19.3 Å². The first-order valence-electron chi connectivity index (χ1n) is 12.6. The van der Waals surface area contributed by atoms with E-state index in [1.807, 2.05) is 36.4 Å². The van der Waals surface area contributed by atoms with Crippen LogP contribution < -0.4 is 25.8 Å². The molecule has 36 heavy (non-hydrogen) atoms. The first kappa shape index (κ1) is 25.3. The molecule has 10 heteroatoms. The number of anilines is 4. The average molecular weight is 494 g/mol. The van der Waals surface area contributed by atoms with Crippen LogP contribution in [0.5, 0.6) is 11.5 Å². The minimum absolute atomic E-state index is 0.00927. The van der Waals surface area contributed by atoms with Crippen LogP contribution in [-0.4, -0.2) is 58.5 Å². The molecular weight excluding hydrogens is 458 g/mol. The highest BCUT2D eigenvalue weighted by atomic mass is 16.5. The molecule has 0 bridgehead atoms. The lowest BCUT2D eigenvalue weighted by Crippen LogP contribution is -2.33. The maximum absolute atomic E-state index is 12.8. The molecule has 4 N–H and O–H groups in total. The number of carbonyl (C=O) groups is 1. The zero-order valence-corrected chi connectivity index (χ0v) is 20.8. The lowest BCUT2D eigenvalue weighted by atomic mass is 10.1. The molecule has 1 fully saturated rings. The number of hydrogen-bond acceptors (Lipinski definition) is 8. The minimum Gasteiger partial charge on any atom is -0.494 e. The van der Waals surface area contributed by atoms with E-state index in [9.17, 15) is 4.79 Å². The lowest BCUT2D eigenvalue weighted by molar-refractivity contribution is 0.183. The van der Waals surface area contributed by atoms with Crippen molar-refractivity contribution in [3.05, 3.63) is 48.5 Å². The van der Waals surface area contributed by atoms with Gasteiger partial charge in [0.05, 0.1) is 6.61 Å². The van der Waals surface area contributed by atoms with Gasteiger partial charge >= 0.3 is 6.03 Å². The fraction of sp³-hybridized carbons (Fsp3) is 0.423. The summed E-state index contributed by atoms with van der Waals surface area (Å²) in [6.07, 6.45) is 5.94. The molecule has 0 aliphatic carbocycles. The zero-order chi connectivity index (χ0) is 25.2. The Bertz CT molecular complexity index is 1090. The summed E-state index contributed by atoms with van der Waals surface area (Å²) in [5.41, 5.74) is 7.11. The number of carbonyl (C=O) groups excluding carboxylic acids is 1. The number of aromatic nitrogens is 3. The third kappa shape index (κ3) is 7.35. The Balaban J connectivity index is 1.30. The fourth-order valence-corrected chi connectivity index (χ4v) is 3.94. The number of rotatable bonds is 11. The van der Waals surface area contributed by atoms with Crippen molar-refractivity contribution in [3.63, 3.8) is 0 Å². The van der Waals surface area contributed by atoms with Crippen molar-refractivity contribution in [2.24, 2.45) is 0 Å². The number of nitrogen functional groups attached to an aromatic ring is 1. The molecule has 0 spiro atoms. The molecule has 4 rings (SSSR count). The van der Waals surface area contributed by atoms with E-state index < -0.39 is 6.03 Å². The third-order valence-corrected chi connectivity index (χ3v) is 5.92. The fourth-order valence-electron chi connectivity index (χ4n) is 3.94. The van der Waals surface area contributed by atoms with Gasteiger partial charge in [0.2, 0.25) is 11.9 Å². The summed E-state index contributed by atoms with van der Waals surface area (Å²) in [6, 6.07) is 14.2. The molecule has 2 heterocycles. The van der Waals surface area contributed by atoms with Crippen molar-refractivity contribution in [2.75, 3.05) is 49.2 Å². The SMILES string of the molecule is CCCCOc1ccc(NC(=O)n2nc(N)nc2Nc2ccc(OCCN3CCCCC3)cc2)cc1. The molecule has 1 aromatic heterocycles. The number of nitrogens with zero attached hydrogens (tertiary/aromatic N) is 4. The number of ether oxygens (including phenoxy) is 2. The standard InChI is InChI=1S/C26H35N7O3/c1-2-3-18-35-22-13-9-21(10-14-22)29-26(34)33-25(30-24(27)31-33)28-20-7-11-23(12-8-20)36-19-17-32-15-5-4-6-16-32/h7-14H,2-6,15-19H2,1H3,(H,29,34)(H3,27,28,30,31). The highest BCUT2D eigenvalue weighted by Crippen LogP contribution is 2.21. The van der Waals surface area contributed by atoms with Gasteiger partial charge in [-0.25, -0.2) is 4.79 Å². The Hall–Kier alpha value is -3.79. The summed E-state index contributed by atoms with van der Waals surface area (Å²) in [7, 11) is 0. The van der Waals surface area contributed by atoms with E-state index >= 15 is 0 Å². The number of amides is 1. The van der Waals surface area contributed by atoms with E-state index in [1.54, 1.807) is 12.1 Å². The highest BCUT2D eigenvalue weighted by Gasteiger charge is 2.16. The van der Waals surface area contributed by atoms with E-state index in [0.717, 1.165) is 54.3 Å². The normalized spacial score (nSPS) is 13.8. The molecular formula is C26H35N7O3. The zero-order valence-electron chi connectivity index (χ0n) is 20.8. The number of nitrogens with two attached hydrogens (primary N) is 1. The summed E-state index contributed by atoms with van der Waals surface area (Å²) in [4.78, 5) is 19.4. The van der Waals surface area contributed by atoms with E-state index in [-0.39, 0.29) is 11.9 Å². The summed E-state index contributed by atoms with van der Waals surface area (Å²) in [5, 5.41) is 9.92. The number of nitrogens with one attached hydrogen (secondary N) is 2. The molecule has 1 saturated heterocycles. The number of piperidine rings is 1. The Morgan fingerprint density at radius 1 is 0.944 bits per heavy atom. The molecule has 0 atom stereocenters. The maximum Gasteiger partial charge on any atom is 0.349 e. The lowest BCUT2D eigenvalue weighted by Gasteiger charge is -2.26. The number of likely N-dealkylation sites (tertiary alicyclic amines) is 1. The highest BCUT2D eigenvalue weighted by molar-refractivity contribution is 5.92. The van der Waals surface area contributed by atoms with Gasteiger partial charge in [0.15, 0.2) is 0 Å². The molecule has 10 nitrogen and oxygen atoms in total. The minimum atomic E-state index is -0.487. The van der Waals surface area contributed by atoms with Gasteiger partial charge in [-0.05, 0) is 80.9 Å². The van der Waals surface area contributed by atoms with Crippen LogP contribution in [0.1, 0.15) is 39.0 Å². The second kappa shape index (κ2) is 12.8. The van der Waals surface area contributed by atoms with Crippen molar-refractivity contribution in [1.82, 2.24) is 19.7 Å². The van der Waals surface area contributed by atoms with Crippen LogP contribution in [0.15, 0.2) is 48.5 Å². The van der Waals surface area contributed by atoms with Crippen molar-refractivity contribution in [3.8, 4) is 11.5 Å². The number of hydrogen-bond donors (Lipinski definition) is 3. The van der Waals surface area contributed by atoms with Gasteiger partial charge in [-0.1, -0.05) is 19.8 Å². The van der Waals surface area contributed by atoms with E-state index in [2.05, 4.69) is 32.5 Å². The molecule has 2 aromatic carbocycles. The molecule has 0 saturated carbocycles. The largest absolute Gasteiger partial charge is 0.494 e. The second-order valence-corrected chi connectivity index (χ2v) is 8.76. The predicted molar refractivity (Wildman–Crippen MR) is 141 cm³/mol. The van der Waals surface area contributed by atoms with E-state index in [4.69, 9.17) is 15.2 Å². The van der Waals surface area contributed by atoms with Gasteiger partial charge < -0.3 is 25.8 Å². The van der Waals surface area contributed by atoms with Gasteiger partial charge in [-0.2, -0.15) is 4.98 Å². The van der Waals surface area contributed by atoms with Gasteiger partial charge in [0, 0.05) is 17.9 Å².